The molecule has 4 rings (SSSR count). The molecule has 6 nitrogen and oxygen atoms in total. The molecule has 2 heterocycles. The molecule has 3 aromatic rings. The normalized spacial score (nSPS) is 16.1. The fraction of sp³-hybridized carbons (Fsp3) is 0.200. The number of aromatic nitrogens is 2. The number of halogens is 2. The smallest absolute Gasteiger partial charge is 0.286 e. The number of benzene rings is 2. The maximum atomic E-state index is 12.9. The third-order valence-corrected chi connectivity index (χ3v) is 6.12. The molecule has 9 heteroatoms. The van der Waals surface area contributed by atoms with Gasteiger partial charge in [-0.25, -0.2) is 0 Å². The van der Waals surface area contributed by atoms with Crippen molar-refractivity contribution in [2.45, 2.75) is 18.9 Å². The predicted octanol–water partition coefficient (Wildman–Crippen LogP) is 5.07. The van der Waals surface area contributed by atoms with Gasteiger partial charge in [0.1, 0.15) is 5.01 Å². The van der Waals surface area contributed by atoms with Crippen molar-refractivity contribution < 1.29 is 9.59 Å². The highest BCUT2D eigenvalue weighted by molar-refractivity contribution is 7.13. The Bertz CT molecular complexity index is 1050. The van der Waals surface area contributed by atoms with Crippen molar-refractivity contribution in [3.63, 3.8) is 0 Å². The summed E-state index contributed by atoms with van der Waals surface area (Å²) >= 11 is 13.1. The van der Waals surface area contributed by atoms with Gasteiger partial charge in [-0.3, -0.25) is 9.59 Å². The molecule has 148 valence electrons. The maximum absolute atomic E-state index is 12.9. The van der Waals surface area contributed by atoms with Crippen molar-refractivity contribution in [1.82, 2.24) is 15.1 Å². The Labute approximate surface area is 181 Å². The van der Waals surface area contributed by atoms with E-state index in [2.05, 4.69) is 15.5 Å². The van der Waals surface area contributed by atoms with Gasteiger partial charge in [0.15, 0.2) is 0 Å². The Kier molecular flexibility index (Phi) is 5.80. The molecular formula is C20H16Cl2N4O2S. The molecule has 1 fully saturated rings. The van der Waals surface area contributed by atoms with Crippen molar-refractivity contribution >= 4 is 52.0 Å². The van der Waals surface area contributed by atoms with Gasteiger partial charge < -0.3 is 10.2 Å². The largest absolute Gasteiger partial charge is 0.329 e. The first-order valence-electron chi connectivity index (χ1n) is 8.98. The van der Waals surface area contributed by atoms with Crippen LogP contribution in [0.15, 0.2) is 48.5 Å². The molecule has 29 heavy (non-hydrogen) atoms. The van der Waals surface area contributed by atoms with Gasteiger partial charge in [0, 0.05) is 27.8 Å². The quantitative estimate of drug-likeness (QED) is 0.606. The van der Waals surface area contributed by atoms with E-state index >= 15 is 0 Å². The standard InChI is InChI=1S/C20H16Cl2N4O2S/c21-13-8-6-12(7-9-13)20(28)26-10-2-5-16(26)18-24-25-19(29-18)17(27)23-15-4-1-3-14(22)11-15/h1,3-4,6-9,11,16H,2,5,10H2,(H,23,27)/t16-/m1/s1. The molecule has 0 unspecified atom stereocenters. The summed E-state index contributed by atoms with van der Waals surface area (Å²) in [5.41, 5.74) is 1.16. The highest BCUT2D eigenvalue weighted by Gasteiger charge is 2.33. The van der Waals surface area contributed by atoms with Gasteiger partial charge in [0.2, 0.25) is 5.01 Å². The molecule has 1 saturated heterocycles. The van der Waals surface area contributed by atoms with Crippen molar-refractivity contribution in [3.05, 3.63) is 74.2 Å². The van der Waals surface area contributed by atoms with Crippen LogP contribution >= 0.6 is 34.5 Å². The zero-order valence-electron chi connectivity index (χ0n) is 15.1. The molecule has 2 aromatic carbocycles. The van der Waals surface area contributed by atoms with Crippen LogP contribution < -0.4 is 5.32 Å². The Morgan fingerprint density at radius 1 is 1.07 bits per heavy atom. The number of carbonyl (C=O) groups is 2. The molecular weight excluding hydrogens is 431 g/mol. The van der Waals surface area contributed by atoms with E-state index in [1.807, 2.05) is 0 Å². The third kappa shape index (κ3) is 4.42. The van der Waals surface area contributed by atoms with Crippen LogP contribution in [-0.2, 0) is 0 Å². The zero-order chi connectivity index (χ0) is 20.4. The number of nitrogens with one attached hydrogen (secondary N) is 1. The Morgan fingerprint density at radius 3 is 2.62 bits per heavy atom. The SMILES string of the molecule is O=C(Nc1cccc(Cl)c1)c1nnc([C@H]2CCCN2C(=O)c2ccc(Cl)cc2)s1. The van der Waals surface area contributed by atoms with Crippen LogP contribution in [0, 0.1) is 0 Å². The molecule has 0 saturated carbocycles. The minimum absolute atomic E-state index is 0.0794. The molecule has 0 bridgehead atoms. The van der Waals surface area contributed by atoms with Crippen LogP contribution in [0.4, 0.5) is 5.69 Å². The second-order valence-corrected chi connectivity index (χ2v) is 8.46. The number of hydrogen-bond donors (Lipinski definition) is 1. The summed E-state index contributed by atoms with van der Waals surface area (Å²) in [6.45, 7) is 0.635. The molecule has 1 N–H and O–H groups in total. The minimum Gasteiger partial charge on any atom is -0.329 e. The number of nitrogens with zero attached hydrogens (tertiary/aromatic N) is 3. The van der Waals surface area contributed by atoms with Crippen LogP contribution in [0.5, 0.6) is 0 Å². The Morgan fingerprint density at radius 2 is 1.86 bits per heavy atom. The molecule has 1 aliphatic heterocycles. The lowest BCUT2D eigenvalue weighted by atomic mass is 10.1. The predicted molar refractivity (Wildman–Crippen MR) is 114 cm³/mol. The summed E-state index contributed by atoms with van der Waals surface area (Å²) in [6, 6.07) is 13.5. The molecule has 1 aliphatic rings. The van der Waals surface area contributed by atoms with E-state index in [9.17, 15) is 9.59 Å². The van der Waals surface area contributed by atoms with Gasteiger partial charge in [0.05, 0.1) is 6.04 Å². The Balaban J connectivity index is 1.49. The maximum Gasteiger partial charge on any atom is 0.286 e. The highest BCUT2D eigenvalue weighted by Crippen LogP contribution is 2.35. The first-order chi connectivity index (χ1) is 14.0. The van der Waals surface area contributed by atoms with E-state index in [1.165, 1.54) is 11.3 Å². The lowest BCUT2D eigenvalue weighted by Gasteiger charge is -2.22. The molecule has 1 aromatic heterocycles. The summed E-state index contributed by atoms with van der Waals surface area (Å²) in [4.78, 5) is 27.2. The average molecular weight is 447 g/mol. The van der Waals surface area contributed by atoms with Crippen molar-refractivity contribution in [2.24, 2.45) is 0 Å². The van der Waals surface area contributed by atoms with E-state index in [0.29, 0.717) is 32.8 Å². The van der Waals surface area contributed by atoms with Crippen molar-refractivity contribution in [2.75, 3.05) is 11.9 Å². The van der Waals surface area contributed by atoms with Gasteiger partial charge in [0.25, 0.3) is 11.8 Å². The summed E-state index contributed by atoms with van der Waals surface area (Å²) in [7, 11) is 0. The summed E-state index contributed by atoms with van der Waals surface area (Å²) in [5, 5.41) is 13.0. The number of anilines is 1. The second-order valence-electron chi connectivity index (χ2n) is 6.57. The highest BCUT2D eigenvalue weighted by atomic mass is 35.5. The van der Waals surface area contributed by atoms with Gasteiger partial charge in [-0.05, 0) is 55.3 Å². The monoisotopic (exact) mass is 446 g/mol. The zero-order valence-corrected chi connectivity index (χ0v) is 17.5. The van der Waals surface area contributed by atoms with Gasteiger partial charge >= 0.3 is 0 Å². The molecule has 0 aliphatic carbocycles. The fourth-order valence-electron chi connectivity index (χ4n) is 3.24. The third-order valence-electron chi connectivity index (χ3n) is 4.61. The lowest BCUT2D eigenvalue weighted by molar-refractivity contribution is 0.0735. The number of amides is 2. The van der Waals surface area contributed by atoms with Crippen LogP contribution in [-0.4, -0.2) is 33.5 Å². The number of rotatable bonds is 4. The second kappa shape index (κ2) is 8.49. The first-order valence-corrected chi connectivity index (χ1v) is 10.6. The lowest BCUT2D eigenvalue weighted by Crippen LogP contribution is -2.30. The van der Waals surface area contributed by atoms with Crippen LogP contribution in [0.1, 0.15) is 44.1 Å². The van der Waals surface area contributed by atoms with E-state index in [0.717, 1.165) is 12.8 Å². The summed E-state index contributed by atoms with van der Waals surface area (Å²) < 4.78 is 0. The number of carbonyl (C=O) groups excluding carboxylic acids is 2. The Hall–Kier alpha value is -2.48. The van der Waals surface area contributed by atoms with E-state index in [4.69, 9.17) is 23.2 Å². The van der Waals surface area contributed by atoms with E-state index in [1.54, 1.807) is 53.4 Å². The summed E-state index contributed by atoms with van der Waals surface area (Å²) in [5.74, 6) is -0.436. The topological polar surface area (TPSA) is 75.2 Å². The first kappa shape index (κ1) is 19.8. The van der Waals surface area contributed by atoms with Gasteiger partial charge in [-0.15, -0.1) is 10.2 Å². The number of hydrogen-bond acceptors (Lipinski definition) is 5. The summed E-state index contributed by atoms with van der Waals surface area (Å²) in [6.07, 6.45) is 1.65. The molecule has 0 radical (unpaired) electrons. The van der Waals surface area contributed by atoms with Crippen LogP contribution in [0.2, 0.25) is 10.0 Å². The fourth-order valence-corrected chi connectivity index (χ4v) is 4.44. The average Bonchev–Trinajstić information content (AvgIpc) is 3.37. The van der Waals surface area contributed by atoms with E-state index < -0.39 is 0 Å². The van der Waals surface area contributed by atoms with Crippen molar-refractivity contribution in [3.8, 4) is 0 Å². The molecule has 0 spiro atoms. The van der Waals surface area contributed by atoms with Crippen molar-refractivity contribution in [1.29, 1.82) is 0 Å². The van der Waals surface area contributed by atoms with Crippen LogP contribution in [0.25, 0.3) is 0 Å². The minimum atomic E-state index is -0.357. The molecule has 2 amide bonds. The van der Waals surface area contributed by atoms with Gasteiger partial charge in [-0.2, -0.15) is 0 Å². The molecule has 1 atom stereocenters. The van der Waals surface area contributed by atoms with E-state index in [-0.39, 0.29) is 22.9 Å². The van der Waals surface area contributed by atoms with Gasteiger partial charge in [-0.1, -0.05) is 40.6 Å². The number of likely N-dealkylation sites (tertiary alicyclic amines) is 1. The van der Waals surface area contributed by atoms with Crippen LogP contribution in [0.3, 0.4) is 0 Å².